The summed E-state index contributed by atoms with van der Waals surface area (Å²) < 4.78 is 4.35. The molecule has 2 rings (SSSR count). The van der Waals surface area contributed by atoms with Crippen molar-refractivity contribution in [1.29, 1.82) is 0 Å². The average molecular weight is 232 g/mol. The van der Waals surface area contributed by atoms with Crippen molar-refractivity contribution in [3.05, 3.63) is 47.3 Å². The molecule has 0 radical (unpaired) electrons. The lowest BCUT2D eigenvalue weighted by Crippen LogP contribution is -2.23. The van der Waals surface area contributed by atoms with Gasteiger partial charge in [0.2, 0.25) is 0 Å². The number of hydrogen-bond donors (Lipinski definition) is 2. The number of aromatic nitrogens is 2. The third-order valence-electron chi connectivity index (χ3n) is 2.27. The van der Waals surface area contributed by atoms with E-state index in [9.17, 15) is 4.79 Å². The summed E-state index contributed by atoms with van der Waals surface area (Å²) in [6.07, 6.45) is 1.27. The molecule has 1 amide bonds. The maximum atomic E-state index is 11.5. The van der Waals surface area contributed by atoms with Crippen LogP contribution in [0.2, 0.25) is 0 Å². The fraction of sp³-hybridized carbons (Fsp3) is 0.182. The summed E-state index contributed by atoms with van der Waals surface area (Å²) in [5.41, 5.74) is 7.71. The lowest BCUT2D eigenvalue weighted by molar-refractivity contribution is 0.0941. The Labute approximate surface area is 97.8 Å². The van der Waals surface area contributed by atoms with E-state index < -0.39 is 0 Å². The summed E-state index contributed by atoms with van der Waals surface area (Å²) >= 11 is 0. The van der Waals surface area contributed by atoms with E-state index in [0.717, 1.165) is 11.1 Å². The van der Waals surface area contributed by atoms with E-state index >= 15 is 0 Å². The molecule has 1 aromatic carbocycles. The van der Waals surface area contributed by atoms with Gasteiger partial charge in [-0.25, -0.2) is 4.63 Å². The second-order valence-electron chi connectivity index (χ2n) is 3.50. The number of nitrogens with two attached hydrogens (primary N) is 1. The molecule has 0 spiro atoms. The molecular weight excluding hydrogens is 220 g/mol. The molecule has 0 saturated heterocycles. The Balaban J connectivity index is 1.95. The van der Waals surface area contributed by atoms with Crippen LogP contribution in [0.1, 0.15) is 21.6 Å². The van der Waals surface area contributed by atoms with E-state index in [4.69, 9.17) is 5.73 Å². The zero-order valence-electron chi connectivity index (χ0n) is 9.09. The van der Waals surface area contributed by atoms with E-state index in [1.165, 1.54) is 6.20 Å². The molecule has 2 aromatic rings. The first-order chi connectivity index (χ1) is 8.29. The molecule has 88 valence electrons. The van der Waals surface area contributed by atoms with Crippen LogP contribution in [0.3, 0.4) is 0 Å². The van der Waals surface area contributed by atoms with Crippen LogP contribution in [0.25, 0.3) is 0 Å². The molecule has 0 fully saturated rings. The summed E-state index contributed by atoms with van der Waals surface area (Å²) in [7, 11) is 0. The molecule has 0 saturated carbocycles. The minimum absolute atomic E-state index is 0.167. The SMILES string of the molecule is NCc1cccc(CNC(=O)c2cnon2)c1. The number of benzene rings is 1. The van der Waals surface area contributed by atoms with Gasteiger partial charge in [-0.05, 0) is 16.3 Å². The van der Waals surface area contributed by atoms with Gasteiger partial charge in [-0.2, -0.15) is 0 Å². The quantitative estimate of drug-likeness (QED) is 0.798. The van der Waals surface area contributed by atoms with Crippen LogP contribution in [0.15, 0.2) is 35.1 Å². The van der Waals surface area contributed by atoms with Gasteiger partial charge in [0, 0.05) is 13.1 Å². The van der Waals surface area contributed by atoms with Crippen LogP contribution < -0.4 is 11.1 Å². The molecule has 1 aromatic heterocycles. The molecule has 6 nitrogen and oxygen atoms in total. The number of nitrogens with zero attached hydrogens (tertiary/aromatic N) is 2. The minimum atomic E-state index is -0.315. The monoisotopic (exact) mass is 232 g/mol. The Hall–Kier alpha value is -2.21. The van der Waals surface area contributed by atoms with E-state index in [2.05, 4.69) is 20.3 Å². The van der Waals surface area contributed by atoms with Crippen LogP contribution in [0.4, 0.5) is 0 Å². The molecule has 0 aliphatic carbocycles. The molecule has 0 aliphatic rings. The van der Waals surface area contributed by atoms with Crippen LogP contribution in [0, 0.1) is 0 Å². The van der Waals surface area contributed by atoms with E-state index in [1.807, 2.05) is 24.3 Å². The largest absolute Gasteiger partial charge is 0.346 e. The van der Waals surface area contributed by atoms with E-state index in [1.54, 1.807) is 0 Å². The third kappa shape index (κ3) is 2.88. The molecular formula is C11H12N4O2. The second kappa shape index (κ2) is 5.22. The molecule has 1 heterocycles. The first-order valence-electron chi connectivity index (χ1n) is 5.13. The van der Waals surface area contributed by atoms with Crippen LogP contribution in [-0.2, 0) is 13.1 Å². The standard InChI is InChI=1S/C11H12N4O2/c12-5-8-2-1-3-9(4-8)6-13-11(16)10-7-14-17-15-10/h1-4,7H,5-6,12H2,(H,13,16). The minimum Gasteiger partial charge on any atom is -0.346 e. The Kier molecular flexibility index (Phi) is 3.46. The van der Waals surface area contributed by atoms with Gasteiger partial charge in [0.1, 0.15) is 6.20 Å². The summed E-state index contributed by atoms with van der Waals surface area (Å²) in [6.45, 7) is 0.897. The predicted octanol–water partition coefficient (Wildman–Crippen LogP) is 0.458. The van der Waals surface area contributed by atoms with Gasteiger partial charge < -0.3 is 11.1 Å². The van der Waals surface area contributed by atoms with Gasteiger partial charge in [-0.3, -0.25) is 4.79 Å². The highest BCUT2D eigenvalue weighted by atomic mass is 16.6. The van der Waals surface area contributed by atoms with Gasteiger partial charge in [0.05, 0.1) is 0 Å². The molecule has 3 N–H and O–H groups in total. The van der Waals surface area contributed by atoms with Gasteiger partial charge in [0.15, 0.2) is 5.69 Å². The molecule has 0 bridgehead atoms. The van der Waals surface area contributed by atoms with Crippen LogP contribution >= 0.6 is 0 Å². The fourth-order valence-electron chi connectivity index (χ4n) is 1.40. The van der Waals surface area contributed by atoms with Crippen molar-refractivity contribution in [1.82, 2.24) is 15.6 Å². The van der Waals surface area contributed by atoms with E-state index in [0.29, 0.717) is 13.1 Å². The molecule has 0 aliphatic heterocycles. The van der Waals surface area contributed by atoms with Crippen LogP contribution in [-0.4, -0.2) is 16.2 Å². The van der Waals surface area contributed by atoms with Gasteiger partial charge in [-0.15, -0.1) is 0 Å². The molecule has 0 atom stereocenters. The molecule has 0 unspecified atom stereocenters. The normalized spacial score (nSPS) is 10.2. The summed E-state index contributed by atoms with van der Waals surface area (Å²) in [6, 6.07) is 7.70. The van der Waals surface area contributed by atoms with Crippen molar-refractivity contribution in [3.8, 4) is 0 Å². The highest BCUT2D eigenvalue weighted by molar-refractivity contribution is 5.91. The zero-order chi connectivity index (χ0) is 12.1. The maximum absolute atomic E-state index is 11.5. The zero-order valence-corrected chi connectivity index (χ0v) is 9.09. The Morgan fingerprint density at radius 1 is 1.41 bits per heavy atom. The van der Waals surface area contributed by atoms with Crippen molar-refractivity contribution in [3.63, 3.8) is 0 Å². The van der Waals surface area contributed by atoms with Crippen molar-refractivity contribution in [2.24, 2.45) is 5.73 Å². The molecule has 6 heteroatoms. The second-order valence-corrected chi connectivity index (χ2v) is 3.50. The smallest absolute Gasteiger partial charge is 0.275 e. The third-order valence-corrected chi connectivity index (χ3v) is 2.27. The summed E-state index contributed by atoms with van der Waals surface area (Å²) in [5, 5.41) is 9.52. The van der Waals surface area contributed by atoms with Gasteiger partial charge in [0.25, 0.3) is 5.91 Å². The number of nitrogens with one attached hydrogen (secondary N) is 1. The summed E-state index contributed by atoms with van der Waals surface area (Å²) in [5.74, 6) is -0.315. The number of amides is 1. The van der Waals surface area contributed by atoms with Crippen molar-refractivity contribution < 1.29 is 9.42 Å². The predicted molar refractivity (Wildman–Crippen MR) is 59.8 cm³/mol. The topological polar surface area (TPSA) is 94.0 Å². The van der Waals surface area contributed by atoms with Crippen molar-refractivity contribution in [2.45, 2.75) is 13.1 Å². The number of carbonyl (C=O) groups is 1. The molecule has 17 heavy (non-hydrogen) atoms. The van der Waals surface area contributed by atoms with Crippen molar-refractivity contribution >= 4 is 5.91 Å². The summed E-state index contributed by atoms with van der Waals surface area (Å²) in [4.78, 5) is 11.5. The van der Waals surface area contributed by atoms with Gasteiger partial charge >= 0.3 is 0 Å². The Bertz CT molecular complexity index is 496. The van der Waals surface area contributed by atoms with Gasteiger partial charge in [-0.1, -0.05) is 29.4 Å². The fourth-order valence-corrected chi connectivity index (χ4v) is 1.40. The Morgan fingerprint density at radius 3 is 2.94 bits per heavy atom. The number of carbonyl (C=O) groups excluding carboxylic acids is 1. The highest BCUT2D eigenvalue weighted by Gasteiger charge is 2.08. The lowest BCUT2D eigenvalue weighted by Gasteiger charge is -2.04. The van der Waals surface area contributed by atoms with Crippen molar-refractivity contribution in [2.75, 3.05) is 0 Å². The van der Waals surface area contributed by atoms with Crippen LogP contribution in [0.5, 0.6) is 0 Å². The first-order valence-corrected chi connectivity index (χ1v) is 5.13. The maximum Gasteiger partial charge on any atom is 0.275 e. The number of rotatable bonds is 4. The van der Waals surface area contributed by atoms with E-state index in [-0.39, 0.29) is 11.6 Å². The highest BCUT2D eigenvalue weighted by Crippen LogP contribution is 2.04. The lowest BCUT2D eigenvalue weighted by atomic mass is 10.1. The number of hydrogen-bond acceptors (Lipinski definition) is 5. The Morgan fingerprint density at radius 2 is 2.24 bits per heavy atom. The average Bonchev–Trinajstić information content (AvgIpc) is 2.90. The first kappa shape index (κ1) is 11.3.